The summed E-state index contributed by atoms with van der Waals surface area (Å²) < 4.78 is 2.00. The molecule has 4 heteroatoms. The Labute approximate surface area is 103 Å². The van der Waals surface area contributed by atoms with E-state index in [-0.39, 0.29) is 0 Å². The van der Waals surface area contributed by atoms with Crippen molar-refractivity contribution in [2.75, 3.05) is 11.1 Å². The molecule has 0 amide bonds. The van der Waals surface area contributed by atoms with Gasteiger partial charge in [-0.1, -0.05) is 19.1 Å². The second-order valence-electron chi connectivity index (χ2n) is 4.70. The Balaban J connectivity index is 2.15. The highest BCUT2D eigenvalue weighted by molar-refractivity contribution is 5.65. The van der Waals surface area contributed by atoms with Crippen LogP contribution < -0.4 is 11.1 Å². The average Bonchev–Trinajstić information content (AvgIpc) is 2.59. The van der Waals surface area contributed by atoms with Crippen LogP contribution in [0.3, 0.4) is 0 Å². The zero-order valence-electron chi connectivity index (χ0n) is 10.7. The average molecular weight is 234 g/mol. The first-order chi connectivity index (χ1) is 8.22. The summed E-state index contributed by atoms with van der Waals surface area (Å²) in [4.78, 5) is 0. The second kappa shape index (κ2) is 5.25. The van der Waals surface area contributed by atoms with Crippen LogP contribution >= 0.6 is 0 Å². The van der Waals surface area contributed by atoms with Crippen LogP contribution in [0, 0.1) is 6.92 Å². The smallest absolute Gasteiger partial charge is 0.148 e. The van der Waals surface area contributed by atoms with Gasteiger partial charge in [-0.05, 0) is 32.6 Å². The lowest BCUT2D eigenvalue weighted by Gasteiger charge is -2.21. The van der Waals surface area contributed by atoms with Gasteiger partial charge in [-0.3, -0.25) is 0 Å². The van der Waals surface area contributed by atoms with Crippen molar-refractivity contribution in [2.24, 2.45) is 0 Å². The third-order valence-electron chi connectivity index (χ3n) is 3.22. The first-order valence-electron chi connectivity index (χ1n) is 6.46. The van der Waals surface area contributed by atoms with Crippen LogP contribution in [0.5, 0.6) is 0 Å². The zero-order valence-corrected chi connectivity index (χ0v) is 10.7. The van der Waals surface area contributed by atoms with Crippen LogP contribution in [0.1, 0.15) is 38.3 Å². The van der Waals surface area contributed by atoms with Crippen LogP contribution in [0.4, 0.5) is 11.5 Å². The van der Waals surface area contributed by atoms with Crippen LogP contribution in [-0.4, -0.2) is 15.8 Å². The second-order valence-corrected chi connectivity index (χ2v) is 4.70. The highest BCUT2D eigenvalue weighted by Gasteiger charge is 2.16. The van der Waals surface area contributed by atoms with Crippen molar-refractivity contribution >= 4 is 11.5 Å². The van der Waals surface area contributed by atoms with Gasteiger partial charge in [0.25, 0.3) is 0 Å². The SMILES string of the molecule is CCCn1nc(C)c(N)c1NC1CC=CCC1. The molecule has 1 aliphatic rings. The van der Waals surface area contributed by atoms with Gasteiger partial charge in [0.15, 0.2) is 0 Å². The first kappa shape index (κ1) is 12.0. The van der Waals surface area contributed by atoms with Crippen LogP contribution in [0.15, 0.2) is 12.2 Å². The number of anilines is 2. The van der Waals surface area contributed by atoms with Crippen LogP contribution in [0.2, 0.25) is 0 Å². The fraction of sp³-hybridized carbons (Fsp3) is 0.615. The Morgan fingerprint density at radius 1 is 1.53 bits per heavy atom. The van der Waals surface area contributed by atoms with Crippen LogP contribution in [0.25, 0.3) is 0 Å². The third kappa shape index (κ3) is 2.62. The molecular weight excluding hydrogens is 212 g/mol. The van der Waals surface area contributed by atoms with Crippen molar-refractivity contribution in [3.8, 4) is 0 Å². The molecule has 1 unspecified atom stereocenters. The van der Waals surface area contributed by atoms with Gasteiger partial charge < -0.3 is 11.1 Å². The number of nitrogens with one attached hydrogen (secondary N) is 1. The van der Waals surface area contributed by atoms with Gasteiger partial charge in [-0.25, -0.2) is 4.68 Å². The molecule has 0 aromatic carbocycles. The summed E-state index contributed by atoms with van der Waals surface area (Å²) in [6.07, 6.45) is 8.96. The number of nitrogens with two attached hydrogens (primary N) is 1. The van der Waals surface area contributed by atoms with Crippen molar-refractivity contribution < 1.29 is 0 Å². The summed E-state index contributed by atoms with van der Waals surface area (Å²) in [5.41, 5.74) is 7.81. The van der Waals surface area contributed by atoms with E-state index in [1.54, 1.807) is 0 Å². The van der Waals surface area contributed by atoms with Crippen LogP contribution in [-0.2, 0) is 6.54 Å². The molecule has 0 fully saturated rings. The number of nitrogen functional groups attached to an aromatic ring is 1. The number of aromatic nitrogens is 2. The standard InChI is InChI=1S/C13H22N4/c1-3-9-17-13(12(14)10(2)16-17)15-11-7-5-4-6-8-11/h4-5,11,15H,3,6-9,14H2,1-2H3. The Morgan fingerprint density at radius 3 is 3.00 bits per heavy atom. The van der Waals surface area contributed by atoms with Gasteiger partial charge in [-0.15, -0.1) is 0 Å². The van der Waals surface area contributed by atoms with E-state index in [1.807, 2.05) is 11.6 Å². The Hall–Kier alpha value is -1.45. The number of hydrogen-bond donors (Lipinski definition) is 2. The fourth-order valence-corrected chi connectivity index (χ4v) is 2.24. The van der Waals surface area contributed by atoms with E-state index < -0.39 is 0 Å². The van der Waals surface area contributed by atoms with Crippen molar-refractivity contribution in [1.82, 2.24) is 9.78 Å². The molecule has 1 aromatic heterocycles. The van der Waals surface area contributed by atoms with Crippen molar-refractivity contribution in [3.63, 3.8) is 0 Å². The van der Waals surface area contributed by atoms with Crippen molar-refractivity contribution in [2.45, 2.75) is 52.1 Å². The highest BCUT2D eigenvalue weighted by Crippen LogP contribution is 2.25. The molecular formula is C13H22N4. The molecule has 0 aliphatic heterocycles. The number of nitrogens with zero attached hydrogens (tertiary/aromatic N) is 2. The fourth-order valence-electron chi connectivity index (χ4n) is 2.24. The number of aryl methyl sites for hydroxylation is 2. The summed E-state index contributed by atoms with van der Waals surface area (Å²) in [6, 6.07) is 0.494. The van der Waals surface area contributed by atoms with Gasteiger partial charge >= 0.3 is 0 Å². The molecule has 1 aliphatic carbocycles. The first-order valence-corrected chi connectivity index (χ1v) is 6.46. The monoisotopic (exact) mass is 234 g/mol. The molecule has 0 bridgehead atoms. The number of rotatable bonds is 4. The van der Waals surface area contributed by atoms with Gasteiger partial charge in [0.2, 0.25) is 0 Å². The van der Waals surface area contributed by atoms with Gasteiger partial charge in [0.05, 0.1) is 11.4 Å². The molecule has 3 N–H and O–H groups in total. The van der Waals surface area contributed by atoms with Gasteiger partial charge in [0.1, 0.15) is 5.82 Å². The molecule has 0 saturated carbocycles. The molecule has 1 aromatic rings. The summed E-state index contributed by atoms with van der Waals surface area (Å²) >= 11 is 0. The predicted octanol–water partition coefficient (Wildman–Crippen LogP) is 2.70. The molecule has 2 rings (SSSR count). The topological polar surface area (TPSA) is 55.9 Å². The van der Waals surface area contributed by atoms with Gasteiger partial charge in [-0.2, -0.15) is 5.10 Å². The molecule has 1 atom stereocenters. The highest BCUT2D eigenvalue weighted by atomic mass is 15.3. The lowest BCUT2D eigenvalue weighted by molar-refractivity contribution is 0.583. The third-order valence-corrected chi connectivity index (χ3v) is 3.22. The normalized spacial score (nSPS) is 19.5. The van der Waals surface area contributed by atoms with E-state index in [0.29, 0.717) is 6.04 Å². The van der Waals surface area contributed by atoms with E-state index in [9.17, 15) is 0 Å². The molecule has 0 spiro atoms. The summed E-state index contributed by atoms with van der Waals surface area (Å²) in [5, 5.41) is 8.02. The van der Waals surface area contributed by atoms with Crippen molar-refractivity contribution in [3.05, 3.63) is 17.8 Å². The molecule has 17 heavy (non-hydrogen) atoms. The minimum atomic E-state index is 0.494. The Morgan fingerprint density at radius 2 is 2.35 bits per heavy atom. The van der Waals surface area contributed by atoms with E-state index in [2.05, 4.69) is 29.5 Å². The largest absolute Gasteiger partial charge is 0.394 e. The molecule has 0 saturated heterocycles. The molecule has 1 heterocycles. The maximum atomic E-state index is 6.09. The Kier molecular flexibility index (Phi) is 3.71. The quantitative estimate of drug-likeness (QED) is 0.788. The van der Waals surface area contributed by atoms with Crippen molar-refractivity contribution in [1.29, 1.82) is 0 Å². The predicted molar refractivity (Wildman–Crippen MR) is 72.1 cm³/mol. The summed E-state index contributed by atoms with van der Waals surface area (Å²) in [6.45, 7) is 5.04. The van der Waals surface area contributed by atoms with E-state index in [4.69, 9.17) is 5.73 Å². The lowest BCUT2D eigenvalue weighted by Crippen LogP contribution is -2.23. The van der Waals surface area contributed by atoms with E-state index >= 15 is 0 Å². The van der Waals surface area contributed by atoms with E-state index in [1.165, 1.54) is 6.42 Å². The number of allylic oxidation sites excluding steroid dienone is 1. The summed E-state index contributed by atoms with van der Waals surface area (Å²) in [5.74, 6) is 1.00. The minimum Gasteiger partial charge on any atom is -0.394 e. The number of hydrogen-bond acceptors (Lipinski definition) is 3. The lowest BCUT2D eigenvalue weighted by atomic mass is 10.0. The molecule has 0 radical (unpaired) electrons. The maximum Gasteiger partial charge on any atom is 0.148 e. The molecule has 94 valence electrons. The van der Waals surface area contributed by atoms with Gasteiger partial charge in [0, 0.05) is 12.6 Å². The molecule has 4 nitrogen and oxygen atoms in total. The summed E-state index contributed by atoms with van der Waals surface area (Å²) in [7, 11) is 0. The minimum absolute atomic E-state index is 0.494. The Bertz CT molecular complexity index is 406. The zero-order chi connectivity index (χ0) is 12.3. The van der Waals surface area contributed by atoms with E-state index in [0.717, 1.165) is 43.0 Å². The maximum absolute atomic E-state index is 6.09.